The van der Waals surface area contributed by atoms with Crippen LogP contribution >= 0.6 is 0 Å². The van der Waals surface area contributed by atoms with Crippen LogP contribution in [0.5, 0.6) is 0 Å². The summed E-state index contributed by atoms with van der Waals surface area (Å²) in [5, 5.41) is 18.5. The normalized spacial score (nSPS) is 26.1. The second-order valence-electron chi connectivity index (χ2n) is 8.68. The molecular formula is C18H33NO. The number of aliphatic hydroxyl groups excluding tert-OH is 1. The zero-order chi connectivity index (χ0) is 15.4. The van der Waals surface area contributed by atoms with Crippen molar-refractivity contribution in [2.24, 2.45) is 22.7 Å². The molecule has 0 aromatic carbocycles. The highest BCUT2D eigenvalue weighted by Crippen LogP contribution is 2.44. The maximum absolute atomic E-state index is 9.87. The molecule has 0 saturated heterocycles. The number of nitriles is 1. The predicted molar refractivity (Wildman–Crippen MR) is 84.2 cm³/mol. The molecule has 1 aliphatic rings. The Kier molecular flexibility index (Phi) is 6.07. The van der Waals surface area contributed by atoms with Gasteiger partial charge in [-0.2, -0.15) is 5.26 Å². The van der Waals surface area contributed by atoms with Gasteiger partial charge in [0.1, 0.15) is 0 Å². The summed E-state index contributed by atoms with van der Waals surface area (Å²) in [4.78, 5) is 0. The molecule has 0 aliphatic heterocycles. The summed E-state index contributed by atoms with van der Waals surface area (Å²) in [6, 6.07) is 2.07. The maximum atomic E-state index is 9.87. The molecule has 0 aromatic heterocycles. The van der Waals surface area contributed by atoms with Crippen molar-refractivity contribution in [1.82, 2.24) is 0 Å². The molecule has 0 spiro atoms. The molecule has 0 amide bonds. The molecule has 3 atom stereocenters. The van der Waals surface area contributed by atoms with E-state index in [4.69, 9.17) is 5.26 Å². The monoisotopic (exact) mass is 279 g/mol. The van der Waals surface area contributed by atoms with Crippen LogP contribution in [-0.4, -0.2) is 11.2 Å². The second kappa shape index (κ2) is 6.94. The van der Waals surface area contributed by atoms with Gasteiger partial charge in [0, 0.05) is 0 Å². The maximum Gasteiger partial charge on any atom is 0.0675 e. The van der Waals surface area contributed by atoms with E-state index in [1.165, 1.54) is 32.1 Å². The van der Waals surface area contributed by atoms with Crippen molar-refractivity contribution in [3.63, 3.8) is 0 Å². The minimum atomic E-state index is -0.461. The van der Waals surface area contributed by atoms with E-state index in [-0.39, 0.29) is 11.8 Å². The first-order valence-electron chi connectivity index (χ1n) is 8.19. The first-order valence-corrected chi connectivity index (χ1v) is 8.19. The Morgan fingerprint density at radius 1 is 1.20 bits per heavy atom. The van der Waals surface area contributed by atoms with E-state index in [0.717, 1.165) is 18.3 Å². The van der Waals surface area contributed by atoms with Crippen molar-refractivity contribution < 1.29 is 5.11 Å². The SMILES string of the molecule is CC(C)(CC(O)CC#N)CC1CCCC(C(C)(C)C)C1. The summed E-state index contributed by atoms with van der Waals surface area (Å²) in [6.45, 7) is 11.6. The third kappa shape index (κ3) is 5.83. The lowest BCUT2D eigenvalue weighted by atomic mass is 9.65. The van der Waals surface area contributed by atoms with Gasteiger partial charge >= 0.3 is 0 Å². The van der Waals surface area contributed by atoms with Gasteiger partial charge in [-0.05, 0) is 48.3 Å². The summed E-state index contributed by atoms with van der Waals surface area (Å²) < 4.78 is 0. The molecule has 1 fully saturated rings. The lowest BCUT2D eigenvalue weighted by molar-refractivity contribution is 0.0765. The van der Waals surface area contributed by atoms with Crippen LogP contribution < -0.4 is 0 Å². The molecule has 0 radical (unpaired) electrons. The number of rotatable bonds is 5. The zero-order valence-corrected chi connectivity index (χ0v) is 14.1. The number of hydrogen-bond acceptors (Lipinski definition) is 2. The average Bonchev–Trinajstić information content (AvgIpc) is 2.26. The van der Waals surface area contributed by atoms with Crippen molar-refractivity contribution in [1.29, 1.82) is 5.26 Å². The molecule has 116 valence electrons. The van der Waals surface area contributed by atoms with Crippen LogP contribution in [0.3, 0.4) is 0 Å². The molecule has 2 heteroatoms. The van der Waals surface area contributed by atoms with Crippen molar-refractivity contribution in [3.8, 4) is 6.07 Å². The van der Waals surface area contributed by atoms with E-state index < -0.39 is 6.10 Å². The third-order valence-corrected chi connectivity index (χ3v) is 4.96. The largest absolute Gasteiger partial charge is 0.392 e. The van der Waals surface area contributed by atoms with Crippen LogP contribution in [0.25, 0.3) is 0 Å². The highest BCUT2D eigenvalue weighted by Gasteiger charge is 2.33. The highest BCUT2D eigenvalue weighted by atomic mass is 16.3. The number of nitrogens with zero attached hydrogens (tertiary/aromatic N) is 1. The van der Waals surface area contributed by atoms with E-state index >= 15 is 0 Å². The minimum Gasteiger partial charge on any atom is -0.392 e. The minimum absolute atomic E-state index is 0.140. The van der Waals surface area contributed by atoms with Crippen molar-refractivity contribution in [3.05, 3.63) is 0 Å². The Balaban J connectivity index is 2.52. The lowest BCUT2D eigenvalue weighted by Crippen LogP contribution is -2.30. The van der Waals surface area contributed by atoms with Crippen LogP contribution in [0.1, 0.15) is 79.6 Å². The Morgan fingerprint density at radius 2 is 1.85 bits per heavy atom. The van der Waals surface area contributed by atoms with Gasteiger partial charge < -0.3 is 5.11 Å². The Bertz CT molecular complexity index is 334. The van der Waals surface area contributed by atoms with Crippen LogP contribution in [0.4, 0.5) is 0 Å². The van der Waals surface area contributed by atoms with E-state index in [1.807, 2.05) is 0 Å². The van der Waals surface area contributed by atoms with E-state index in [2.05, 4.69) is 40.7 Å². The molecule has 0 bridgehead atoms. The summed E-state index contributed by atoms with van der Waals surface area (Å²) in [5.41, 5.74) is 0.559. The average molecular weight is 279 g/mol. The summed E-state index contributed by atoms with van der Waals surface area (Å²) in [5.74, 6) is 1.62. The quantitative estimate of drug-likeness (QED) is 0.776. The Labute approximate surface area is 125 Å². The molecule has 3 unspecified atom stereocenters. The van der Waals surface area contributed by atoms with Gasteiger partial charge in [-0.15, -0.1) is 0 Å². The summed E-state index contributed by atoms with van der Waals surface area (Å²) in [7, 11) is 0. The van der Waals surface area contributed by atoms with E-state index in [9.17, 15) is 5.11 Å². The summed E-state index contributed by atoms with van der Waals surface area (Å²) in [6.07, 6.45) is 7.13. The fraction of sp³-hybridized carbons (Fsp3) is 0.944. The zero-order valence-electron chi connectivity index (χ0n) is 14.1. The predicted octanol–water partition coefficient (Wildman–Crippen LogP) is 4.92. The molecular weight excluding hydrogens is 246 g/mol. The van der Waals surface area contributed by atoms with Gasteiger partial charge in [0.25, 0.3) is 0 Å². The molecule has 0 aromatic rings. The number of hydrogen-bond donors (Lipinski definition) is 1. The van der Waals surface area contributed by atoms with Crippen LogP contribution in [0.2, 0.25) is 0 Å². The van der Waals surface area contributed by atoms with Gasteiger partial charge in [-0.25, -0.2) is 0 Å². The van der Waals surface area contributed by atoms with Crippen LogP contribution in [0.15, 0.2) is 0 Å². The molecule has 2 nitrogen and oxygen atoms in total. The van der Waals surface area contributed by atoms with Crippen molar-refractivity contribution >= 4 is 0 Å². The van der Waals surface area contributed by atoms with Crippen molar-refractivity contribution in [2.75, 3.05) is 0 Å². The van der Waals surface area contributed by atoms with Gasteiger partial charge in [0.05, 0.1) is 18.6 Å². The third-order valence-electron chi connectivity index (χ3n) is 4.96. The van der Waals surface area contributed by atoms with E-state index in [1.54, 1.807) is 0 Å². The van der Waals surface area contributed by atoms with E-state index in [0.29, 0.717) is 5.41 Å². The first kappa shape index (κ1) is 17.5. The van der Waals surface area contributed by atoms with Gasteiger partial charge in [-0.1, -0.05) is 47.5 Å². The summed E-state index contributed by atoms with van der Waals surface area (Å²) >= 11 is 0. The molecule has 20 heavy (non-hydrogen) atoms. The van der Waals surface area contributed by atoms with Gasteiger partial charge in [0.15, 0.2) is 0 Å². The second-order valence-corrected chi connectivity index (χ2v) is 8.68. The molecule has 1 saturated carbocycles. The Morgan fingerprint density at radius 3 is 2.40 bits per heavy atom. The molecule has 1 rings (SSSR count). The number of aliphatic hydroxyl groups is 1. The standard InChI is InChI=1S/C18H33NO/c1-17(2,3)15-8-6-7-14(11-15)12-18(4,5)13-16(20)9-10-19/h14-16,20H,6-9,11-13H2,1-5H3. The Hall–Kier alpha value is -0.550. The molecule has 1 N–H and O–H groups in total. The first-order chi connectivity index (χ1) is 9.14. The fourth-order valence-electron chi connectivity index (χ4n) is 3.94. The van der Waals surface area contributed by atoms with Crippen LogP contribution in [0, 0.1) is 34.0 Å². The lowest BCUT2D eigenvalue weighted by Gasteiger charge is -2.40. The van der Waals surface area contributed by atoms with Gasteiger partial charge in [0.2, 0.25) is 0 Å². The van der Waals surface area contributed by atoms with Crippen LogP contribution in [-0.2, 0) is 0 Å². The van der Waals surface area contributed by atoms with Crippen molar-refractivity contribution in [2.45, 2.75) is 85.7 Å². The van der Waals surface area contributed by atoms with Gasteiger partial charge in [-0.3, -0.25) is 0 Å². The fourth-order valence-corrected chi connectivity index (χ4v) is 3.94. The molecule has 1 aliphatic carbocycles. The topological polar surface area (TPSA) is 44.0 Å². The smallest absolute Gasteiger partial charge is 0.0675 e. The highest BCUT2D eigenvalue weighted by molar-refractivity contribution is 4.86. The molecule has 0 heterocycles.